The maximum absolute atomic E-state index is 11.6. The molecule has 2 rings (SSSR count). The Bertz CT molecular complexity index is 597. The van der Waals surface area contributed by atoms with Crippen LogP contribution in [0.25, 0.3) is 0 Å². The highest BCUT2D eigenvalue weighted by atomic mass is 16.3. The van der Waals surface area contributed by atoms with E-state index in [-0.39, 0.29) is 11.5 Å². The van der Waals surface area contributed by atoms with Crippen LogP contribution in [0.4, 0.5) is 0 Å². The maximum atomic E-state index is 11.6. The highest BCUT2D eigenvalue weighted by molar-refractivity contribution is 5.97. The van der Waals surface area contributed by atoms with Crippen LogP contribution in [0, 0.1) is 11.8 Å². The Morgan fingerprint density at radius 1 is 1.26 bits per heavy atom. The molecule has 0 fully saturated rings. The summed E-state index contributed by atoms with van der Waals surface area (Å²) in [4.78, 5) is 11.6. The van der Waals surface area contributed by atoms with Gasteiger partial charge in [-0.15, -0.1) is 0 Å². The second-order valence-corrected chi connectivity index (χ2v) is 4.83. The molecule has 1 aliphatic rings. The Morgan fingerprint density at radius 2 is 2.05 bits per heavy atom. The quantitative estimate of drug-likeness (QED) is 0.780. The Kier molecular flexibility index (Phi) is 4.06. The molecule has 19 heavy (non-hydrogen) atoms. The summed E-state index contributed by atoms with van der Waals surface area (Å²) in [5.41, 5.74) is 3.74. The summed E-state index contributed by atoms with van der Waals surface area (Å²) >= 11 is 0. The number of carbonyl (C=O) groups excluding carboxylic acids is 1. The van der Waals surface area contributed by atoms with Gasteiger partial charge in [-0.25, -0.2) is 0 Å². The molecule has 0 aromatic heterocycles. The largest absolute Gasteiger partial charge is 0.508 e. The number of ketones is 1. The Labute approximate surface area is 114 Å². The van der Waals surface area contributed by atoms with E-state index in [1.54, 1.807) is 12.1 Å². The third-order valence-corrected chi connectivity index (χ3v) is 3.52. The van der Waals surface area contributed by atoms with Crippen LogP contribution in [0.5, 0.6) is 5.75 Å². The molecule has 0 saturated heterocycles. The van der Waals surface area contributed by atoms with Crippen molar-refractivity contribution in [1.82, 2.24) is 0 Å². The van der Waals surface area contributed by atoms with E-state index in [0.29, 0.717) is 6.42 Å². The molecule has 1 aromatic rings. The summed E-state index contributed by atoms with van der Waals surface area (Å²) in [5.74, 6) is 6.77. The highest BCUT2D eigenvalue weighted by Gasteiger charge is 2.14. The molecule has 1 aliphatic carbocycles. The smallest absolute Gasteiger partial charge is 0.159 e. The summed E-state index contributed by atoms with van der Waals surface area (Å²) in [7, 11) is 0. The molecule has 0 spiro atoms. The molecule has 2 heteroatoms. The van der Waals surface area contributed by atoms with Gasteiger partial charge in [-0.3, -0.25) is 4.79 Å². The van der Waals surface area contributed by atoms with Crippen LogP contribution >= 0.6 is 0 Å². The van der Waals surface area contributed by atoms with Crippen LogP contribution in [0.3, 0.4) is 0 Å². The maximum Gasteiger partial charge on any atom is 0.159 e. The Balaban J connectivity index is 2.34. The summed E-state index contributed by atoms with van der Waals surface area (Å²) < 4.78 is 0. The average Bonchev–Trinajstić information content (AvgIpc) is 2.41. The summed E-state index contributed by atoms with van der Waals surface area (Å²) in [6.45, 7) is 3.90. The molecule has 2 nitrogen and oxygen atoms in total. The van der Waals surface area contributed by atoms with Gasteiger partial charge in [-0.1, -0.05) is 18.8 Å². The van der Waals surface area contributed by atoms with Crippen LogP contribution in [0.15, 0.2) is 29.3 Å². The van der Waals surface area contributed by atoms with Gasteiger partial charge in [0.15, 0.2) is 5.78 Å². The summed E-state index contributed by atoms with van der Waals surface area (Å²) in [6, 6.07) is 5.23. The molecule has 0 bridgehead atoms. The van der Waals surface area contributed by atoms with Crippen molar-refractivity contribution in [2.75, 3.05) is 0 Å². The first-order valence-electron chi connectivity index (χ1n) is 6.68. The van der Waals surface area contributed by atoms with Crippen molar-refractivity contribution in [3.63, 3.8) is 0 Å². The van der Waals surface area contributed by atoms with Crippen molar-refractivity contribution in [2.24, 2.45) is 0 Å². The van der Waals surface area contributed by atoms with E-state index < -0.39 is 0 Å². The predicted molar refractivity (Wildman–Crippen MR) is 75.9 cm³/mol. The fourth-order valence-corrected chi connectivity index (χ4v) is 2.26. The van der Waals surface area contributed by atoms with Crippen molar-refractivity contribution < 1.29 is 9.90 Å². The number of allylic oxidation sites excluding steroid dienone is 2. The molecule has 0 unspecified atom stereocenters. The van der Waals surface area contributed by atoms with E-state index in [1.165, 1.54) is 0 Å². The van der Waals surface area contributed by atoms with Gasteiger partial charge in [0.05, 0.1) is 0 Å². The number of Topliss-reactive ketones (excluding diaryl/α,β-unsaturated/α-hetero) is 1. The van der Waals surface area contributed by atoms with E-state index in [1.807, 2.05) is 19.9 Å². The van der Waals surface area contributed by atoms with Gasteiger partial charge >= 0.3 is 0 Å². The first kappa shape index (κ1) is 13.4. The third-order valence-electron chi connectivity index (χ3n) is 3.52. The van der Waals surface area contributed by atoms with Crippen molar-refractivity contribution in [1.29, 1.82) is 0 Å². The normalized spacial score (nSPS) is 15.2. The SMILES string of the molecule is CCc1cc(O)ccc1C#CC1=C(C)C(=O)CCC1. The Morgan fingerprint density at radius 3 is 2.79 bits per heavy atom. The minimum absolute atomic E-state index is 0.219. The fraction of sp³-hybridized carbons (Fsp3) is 0.353. The van der Waals surface area contributed by atoms with Crippen molar-refractivity contribution in [3.8, 4) is 17.6 Å². The first-order chi connectivity index (χ1) is 9.11. The van der Waals surface area contributed by atoms with Crippen molar-refractivity contribution in [2.45, 2.75) is 39.5 Å². The molecular weight excluding hydrogens is 236 g/mol. The lowest BCUT2D eigenvalue weighted by atomic mass is 9.91. The number of rotatable bonds is 1. The monoisotopic (exact) mass is 254 g/mol. The minimum atomic E-state index is 0.219. The van der Waals surface area contributed by atoms with Gasteiger partial charge in [0, 0.05) is 23.1 Å². The second-order valence-electron chi connectivity index (χ2n) is 4.83. The fourth-order valence-electron chi connectivity index (χ4n) is 2.26. The van der Waals surface area contributed by atoms with Crippen LogP contribution < -0.4 is 0 Å². The number of aromatic hydroxyl groups is 1. The van der Waals surface area contributed by atoms with Gasteiger partial charge in [0.25, 0.3) is 0 Å². The molecule has 0 atom stereocenters. The van der Waals surface area contributed by atoms with Gasteiger partial charge in [-0.05, 0) is 49.9 Å². The predicted octanol–water partition coefficient (Wildman–Crippen LogP) is 3.38. The summed E-state index contributed by atoms with van der Waals surface area (Å²) in [5, 5.41) is 9.46. The van der Waals surface area contributed by atoms with Crippen LogP contribution in [0.2, 0.25) is 0 Å². The lowest BCUT2D eigenvalue weighted by Crippen LogP contribution is -2.08. The summed E-state index contributed by atoms with van der Waals surface area (Å²) in [6.07, 6.45) is 3.27. The van der Waals surface area contributed by atoms with E-state index in [0.717, 1.165) is 41.5 Å². The number of hydrogen-bond acceptors (Lipinski definition) is 2. The molecule has 1 N–H and O–H groups in total. The van der Waals surface area contributed by atoms with E-state index in [9.17, 15) is 9.90 Å². The van der Waals surface area contributed by atoms with Gasteiger partial charge in [0.1, 0.15) is 5.75 Å². The van der Waals surface area contributed by atoms with Crippen molar-refractivity contribution in [3.05, 3.63) is 40.5 Å². The zero-order chi connectivity index (χ0) is 13.8. The van der Waals surface area contributed by atoms with Crippen LogP contribution in [-0.4, -0.2) is 10.9 Å². The topological polar surface area (TPSA) is 37.3 Å². The van der Waals surface area contributed by atoms with Crippen molar-refractivity contribution >= 4 is 5.78 Å². The third kappa shape index (κ3) is 3.06. The molecule has 1 aromatic carbocycles. The molecule has 0 aliphatic heterocycles. The number of hydrogen-bond donors (Lipinski definition) is 1. The second kappa shape index (κ2) is 5.75. The van der Waals surface area contributed by atoms with Gasteiger partial charge < -0.3 is 5.11 Å². The van der Waals surface area contributed by atoms with Gasteiger partial charge in [-0.2, -0.15) is 0 Å². The zero-order valence-electron chi connectivity index (χ0n) is 11.4. The number of carbonyl (C=O) groups is 1. The molecule has 0 amide bonds. The van der Waals surface area contributed by atoms with E-state index in [2.05, 4.69) is 11.8 Å². The Hall–Kier alpha value is -2.01. The first-order valence-corrected chi connectivity index (χ1v) is 6.68. The number of phenolic OH excluding ortho intramolecular Hbond substituents is 1. The molecular formula is C17H18O2. The molecule has 0 heterocycles. The molecule has 98 valence electrons. The lowest BCUT2D eigenvalue weighted by Gasteiger charge is -2.11. The number of benzene rings is 1. The lowest BCUT2D eigenvalue weighted by molar-refractivity contribution is -0.116. The van der Waals surface area contributed by atoms with E-state index >= 15 is 0 Å². The van der Waals surface area contributed by atoms with Crippen LogP contribution in [0.1, 0.15) is 44.2 Å². The standard InChI is InChI=1S/C17H18O2/c1-3-13-11-16(18)10-9-15(13)8-7-14-5-4-6-17(19)12(14)2/h9-11,18H,3-6H2,1-2H3. The number of phenols is 1. The zero-order valence-corrected chi connectivity index (χ0v) is 11.4. The van der Waals surface area contributed by atoms with Crippen LogP contribution in [-0.2, 0) is 11.2 Å². The number of aryl methyl sites for hydroxylation is 1. The van der Waals surface area contributed by atoms with E-state index in [4.69, 9.17) is 0 Å². The average molecular weight is 254 g/mol. The highest BCUT2D eigenvalue weighted by Crippen LogP contribution is 2.21. The molecule has 0 radical (unpaired) electrons. The molecule has 0 saturated carbocycles. The van der Waals surface area contributed by atoms with Gasteiger partial charge in [0.2, 0.25) is 0 Å². The minimum Gasteiger partial charge on any atom is -0.508 e.